The number of morpholine rings is 1. The van der Waals surface area contributed by atoms with Gasteiger partial charge in [-0.05, 0) is 57.5 Å². The van der Waals surface area contributed by atoms with Crippen molar-refractivity contribution in [2.45, 2.75) is 33.1 Å². The molecule has 0 unspecified atom stereocenters. The van der Waals surface area contributed by atoms with Crippen molar-refractivity contribution in [3.05, 3.63) is 59.4 Å². The molecule has 0 bridgehead atoms. The second-order valence-electron chi connectivity index (χ2n) is 9.22. The van der Waals surface area contributed by atoms with Crippen LogP contribution in [0.3, 0.4) is 0 Å². The Labute approximate surface area is 211 Å². The van der Waals surface area contributed by atoms with Gasteiger partial charge < -0.3 is 20.3 Å². The number of aryl methyl sites for hydroxylation is 1. The average Bonchev–Trinajstić information content (AvgIpc) is 2.90. The SMILES string of the molecule is CCNc1nc(-c2cc(NC(=O)c3ccnc(C(C)(C)C#N)c3)ccc2C)cc(N2CCOCC2)n1. The van der Waals surface area contributed by atoms with Crippen molar-refractivity contribution in [2.24, 2.45) is 0 Å². The molecule has 4 rings (SSSR count). The first-order valence-corrected chi connectivity index (χ1v) is 12.1. The fourth-order valence-corrected chi connectivity index (χ4v) is 3.91. The zero-order chi connectivity index (χ0) is 25.7. The fraction of sp³-hybridized carbons (Fsp3) is 0.370. The zero-order valence-electron chi connectivity index (χ0n) is 21.1. The number of nitriles is 1. The molecule has 0 saturated carbocycles. The molecule has 2 N–H and O–H groups in total. The molecule has 1 fully saturated rings. The van der Waals surface area contributed by atoms with Gasteiger partial charge in [0.25, 0.3) is 5.91 Å². The summed E-state index contributed by atoms with van der Waals surface area (Å²) < 4.78 is 5.49. The number of carbonyl (C=O) groups excluding carboxylic acids is 1. The molecule has 9 heteroatoms. The zero-order valence-corrected chi connectivity index (χ0v) is 21.1. The van der Waals surface area contributed by atoms with E-state index in [1.807, 2.05) is 38.1 Å². The summed E-state index contributed by atoms with van der Waals surface area (Å²) in [5.41, 5.74) is 3.57. The Kier molecular flexibility index (Phi) is 7.46. The minimum atomic E-state index is -0.789. The van der Waals surface area contributed by atoms with Crippen molar-refractivity contribution < 1.29 is 9.53 Å². The minimum absolute atomic E-state index is 0.271. The Morgan fingerprint density at radius 2 is 1.94 bits per heavy atom. The monoisotopic (exact) mass is 485 g/mol. The minimum Gasteiger partial charge on any atom is -0.378 e. The average molecular weight is 486 g/mol. The van der Waals surface area contributed by atoms with Gasteiger partial charge in [0.05, 0.1) is 36.1 Å². The molecule has 0 spiro atoms. The molecule has 9 nitrogen and oxygen atoms in total. The van der Waals surface area contributed by atoms with E-state index in [9.17, 15) is 10.1 Å². The van der Waals surface area contributed by atoms with Gasteiger partial charge in [0, 0.05) is 48.7 Å². The van der Waals surface area contributed by atoms with Crippen LogP contribution in [0.15, 0.2) is 42.6 Å². The Bertz CT molecular complexity index is 1290. The number of anilines is 3. The van der Waals surface area contributed by atoms with Crippen LogP contribution in [0.2, 0.25) is 0 Å². The lowest BCUT2D eigenvalue weighted by Gasteiger charge is -2.28. The van der Waals surface area contributed by atoms with Crippen LogP contribution in [0.4, 0.5) is 17.5 Å². The van der Waals surface area contributed by atoms with Crippen molar-refractivity contribution >= 4 is 23.4 Å². The number of benzene rings is 1. The number of nitrogens with one attached hydrogen (secondary N) is 2. The van der Waals surface area contributed by atoms with Gasteiger partial charge in [-0.2, -0.15) is 10.2 Å². The number of hydrogen-bond acceptors (Lipinski definition) is 8. The lowest BCUT2D eigenvalue weighted by molar-refractivity contribution is 0.102. The van der Waals surface area contributed by atoms with Gasteiger partial charge in [0.15, 0.2) is 0 Å². The fourth-order valence-electron chi connectivity index (χ4n) is 3.91. The number of rotatable bonds is 7. The van der Waals surface area contributed by atoms with E-state index in [4.69, 9.17) is 14.7 Å². The quantitative estimate of drug-likeness (QED) is 0.512. The van der Waals surface area contributed by atoms with Crippen molar-refractivity contribution in [1.82, 2.24) is 15.0 Å². The molecule has 1 aliphatic heterocycles. The first-order valence-electron chi connectivity index (χ1n) is 12.1. The molecule has 3 heterocycles. The molecule has 0 aliphatic carbocycles. The summed E-state index contributed by atoms with van der Waals surface area (Å²) in [6.45, 7) is 11.2. The smallest absolute Gasteiger partial charge is 0.255 e. The van der Waals surface area contributed by atoms with E-state index in [0.717, 1.165) is 35.7 Å². The lowest BCUT2D eigenvalue weighted by Crippen LogP contribution is -2.37. The molecule has 3 aromatic rings. The molecule has 1 amide bonds. The number of nitrogens with zero attached hydrogens (tertiary/aromatic N) is 5. The van der Waals surface area contributed by atoms with E-state index < -0.39 is 5.41 Å². The molecule has 2 aromatic heterocycles. The summed E-state index contributed by atoms with van der Waals surface area (Å²) in [5.74, 6) is 1.14. The van der Waals surface area contributed by atoms with E-state index in [0.29, 0.717) is 42.7 Å². The summed E-state index contributed by atoms with van der Waals surface area (Å²) in [6, 6.07) is 13.3. The number of carbonyl (C=O) groups is 1. The summed E-state index contributed by atoms with van der Waals surface area (Å²) in [6.07, 6.45) is 1.56. The van der Waals surface area contributed by atoms with Gasteiger partial charge >= 0.3 is 0 Å². The normalized spacial score (nSPS) is 13.7. The van der Waals surface area contributed by atoms with Gasteiger partial charge in [-0.25, -0.2) is 4.98 Å². The van der Waals surface area contributed by atoms with E-state index in [1.165, 1.54) is 0 Å². The van der Waals surface area contributed by atoms with Crippen LogP contribution in [-0.2, 0) is 10.2 Å². The number of aromatic nitrogens is 3. The Balaban J connectivity index is 1.64. The molecule has 36 heavy (non-hydrogen) atoms. The number of hydrogen-bond donors (Lipinski definition) is 2. The summed E-state index contributed by atoms with van der Waals surface area (Å²) in [4.78, 5) is 28.9. The van der Waals surface area contributed by atoms with Crippen LogP contribution in [0.25, 0.3) is 11.3 Å². The second-order valence-corrected chi connectivity index (χ2v) is 9.22. The Hall–Kier alpha value is -4.03. The molecule has 0 radical (unpaired) electrons. The number of amides is 1. The van der Waals surface area contributed by atoms with E-state index >= 15 is 0 Å². The van der Waals surface area contributed by atoms with Crippen molar-refractivity contribution in [2.75, 3.05) is 48.4 Å². The lowest BCUT2D eigenvalue weighted by atomic mass is 9.90. The predicted octanol–water partition coefficient (Wildman–Crippen LogP) is 4.17. The first kappa shape index (κ1) is 25.1. The highest BCUT2D eigenvalue weighted by Crippen LogP contribution is 2.29. The Morgan fingerprint density at radius 1 is 1.17 bits per heavy atom. The highest BCUT2D eigenvalue weighted by molar-refractivity contribution is 6.04. The number of pyridine rings is 1. The maximum Gasteiger partial charge on any atom is 0.255 e. The van der Waals surface area contributed by atoms with Crippen molar-refractivity contribution in [1.29, 1.82) is 5.26 Å². The molecular formula is C27H31N7O2. The molecule has 0 atom stereocenters. The highest BCUT2D eigenvalue weighted by Gasteiger charge is 2.23. The van der Waals surface area contributed by atoms with Gasteiger partial charge in [0.1, 0.15) is 5.82 Å². The maximum atomic E-state index is 13.0. The largest absolute Gasteiger partial charge is 0.378 e. The molecular weight excluding hydrogens is 454 g/mol. The van der Waals surface area contributed by atoms with Crippen LogP contribution in [0.5, 0.6) is 0 Å². The van der Waals surface area contributed by atoms with Crippen LogP contribution in [0.1, 0.15) is 42.4 Å². The molecule has 1 aliphatic rings. The van der Waals surface area contributed by atoms with Gasteiger partial charge in [-0.3, -0.25) is 9.78 Å². The molecule has 1 aromatic carbocycles. The third-order valence-corrected chi connectivity index (χ3v) is 6.10. The van der Waals surface area contributed by atoms with Gasteiger partial charge in [-0.15, -0.1) is 0 Å². The van der Waals surface area contributed by atoms with Gasteiger partial charge in [0.2, 0.25) is 5.95 Å². The van der Waals surface area contributed by atoms with Crippen LogP contribution in [0, 0.1) is 18.3 Å². The summed E-state index contributed by atoms with van der Waals surface area (Å²) >= 11 is 0. The third kappa shape index (κ3) is 5.61. The summed E-state index contributed by atoms with van der Waals surface area (Å²) in [5, 5.41) is 15.6. The van der Waals surface area contributed by atoms with E-state index in [2.05, 4.69) is 26.6 Å². The van der Waals surface area contributed by atoms with Crippen molar-refractivity contribution in [3.8, 4) is 17.3 Å². The van der Waals surface area contributed by atoms with E-state index in [-0.39, 0.29) is 5.91 Å². The first-order chi connectivity index (χ1) is 17.3. The summed E-state index contributed by atoms with van der Waals surface area (Å²) in [7, 11) is 0. The van der Waals surface area contributed by atoms with Crippen LogP contribution >= 0.6 is 0 Å². The second kappa shape index (κ2) is 10.7. The van der Waals surface area contributed by atoms with Gasteiger partial charge in [-0.1, -0.05) is 6.07 Å². The maximum absolute atomic E-state index is 13.0. The highest BCUT2D eigenvalue weighted by atomic mass is 16.5. The Morgan fingerprint density at radius 3 is 2.67 bits per heavy atom. The standard InChI is InChI=1S/C27H31N7O2/c1-5-29-26-32-22(16-24(33-26)34-10-12-36-13-11-34)21-15-20(7-6-18(21)2)31-25(35)19-8-9-30-23(14-19)27(3,4)17-28/h6-9,14-16H,5,10-13H2,1-4H3,(H,31,35)(H,29,32,33). The molecule has 186 valence electrons. The molecule has 1 saturated heterocycles. The van der Waals surface area contributed by atoms with Crippen molar-refractivity contribution in [3.63, 3.8) is 0 Å². The van der Waals surface area contributed by atoms with Crippen LogP contribution < -0.4 is 15.5 Å². The predicted molar refractivity (Wildman–Crippen MR) is 140 cm³/mol. The van der Waals surface area contributed by atoms with Crippen LogP contribution in [-0.4, -0.2) is 53.7 Å². The number of ether oxygens (including phenoxy) is 1. The third-order valence-electron chi connectivity index (χ3n) is 6.10. The van der Waals surface area contributed by atoms with E-state index in [1.54, 1.807) is 32.2 Å². The topological polar surface area (TPSA) is 116 Å².